The lowest BCUT2D eigenvalue weighted by Gasteiger charge is -2.14. The van der Waals surface area contributed by atoms with Crippen LogP contribution in [0.3, 0.4) is 0 Å². The maximum atomic E-state index is 10.7. The number of nitrogens with zero attached hydrogens (tertiary/aromatic N) is 1. The van der Waals surface area contributed by atoms with Gasteiger partial charge in [0.15, 0.2) is 0 Å². The zero-order valence-corrected chi connectivity index (χ0v) is 11.9. The van der Waals surface area contributed by atoms with Crippen LogP contribution in [0.4, 0.5) is 0 Å². The number of rotatable bonds is 12. The maximum absolute atomic E-state index is 10.7. The van der Waals surface area contributed by atoms with E-state index >= 15 is 0 Å². The van der Waals surface area contributed by atoms with Crippen LogP contribution in [0.25, 0.3) is 0 Å². The van der Waals surface area contributed by atoms with Gasteiger partial charge in [-0.1, -0.05) is 51.9 Å². The number of ether oxygens (including phenoxy) is 1. The molecule has 0 heterocycles. The van der Waals surface area contributed by atoms with Crippen molar-refractivity contribution >= 4 is 5.97 Å². The van der Waals surface area contributed by atoms with Gasteiger partial charge in [0.05, 0.1) is 0 Å². The van der Waals surface area contributed by atoms with Gasteiger partial charge in [-0.15, -0.1) is 10.1 Å². The molecule has 0 aliphatic heterocycles. The number of unbranched alkanes of at least 4 members (excludes halogenated alkanes) is 7. The Labute approximate surface area is 114 Å². The van der Waals surface area contributed by atoms with Gasteiger partial charge in [0, 0.05) is 13.3 Å². The van der Waals surface area contributed by atoms with Crippen molar-refractivity contribution in [3.05, 3.63) is 10.1 Å². The molecule has 0 aromatic heterocycles. The van der Waals surface area contributed by atoms with E-state index < -0.39 is 17.3 Å². The minimum absolute atomic E-state index is 0.371. The van der Waals surface area contributed by atoms with Crippen LogP contribution in [-0.4, -0.2) is 17.3 Å². The summed E-state index contributed by atoms with van der Waals surface area (Å²) in [5.74, 6) is -0.564. The Kier molecular flexibility index (Phi) is 10.9. The van der Waals surface area contributed by atoms with E-state index in [0.717, 1.165) is 19.3 Å². The first-order chi connectivity index (χ1) is 9.06. The summed E-state index contributed by atoms with van der Waals surface area (Å²) in [6.45, 7) is 3.40. The average molecular weight is 275 g/mol. The standard InChI is InChI=1S/C13H25NO5/c1-3-4-5-6-7-8-9-10-11-13(18-12(2)15)19-14(16)17/h13H,3-11H2,1-2H3. The molecule has 0 N–H and O–H groups in total. The van der Waals surface area contributed by atoms with Gasteiger partial charge in [-0.3, -0.25) is 9.63 Å². The Bertz CT molecular complexity index is 241. The summed E-state index contributed by atoms with van der Waals surface area (Å²) in [7, 11) is 0. The highest BCUT2D eigenvalue weighted by Crippen LogP contribution is 2.12. The van der Waals surface area contributed by atoms with Crippen molar-refractivity contribution in [3.8, 4) is 0 Å². The Morgan fingerprint density at radius 2 is 1.63 bits per heavy atom. The van der Waals surface area contributed by atoms with Crippen LogP contribution < -0.4 is 0 Å². The first-order valence-corrected chi connectivity index (χ1v) is 7.04. The van der Waals surface area contributed by atoms with E-state index in [2.05, 4.69) is 11.8 Å². The molecule has 0 saturated heterocycles. The molecule has 112 valence electrons. The van der Waals surface area contributed by atoms with E-state index in [0.29, 0.717) is 6.42 Å². The van der Waals surface area contributed by atoms with Crippen LogP contribution in [0.5, 0.6) is 0 Å². The van der Waals surface area contributed by atoms with E-state index in [1.807, 2.05) is 0 Å². The third-order valence-corrected chi connectivity index (χ3v) is 2.79. The summed E-state index contributed by atoms with van der Waals surface area (Å²) in [5.41, 5.74) is 0. The SMILES string of the molecule is CCCCCCCCCCC(OC(C)=O)O[N+](=O)[O-]. The topological polar surface area (TPSA) is 78.7 Å². The van der Waals surface area contributed by atoms with Gasteiger partial charge in [0.25, 0.3) is 5.09 Å². The third-order valence-electron chi connectivity index (χ3n) is 2.79. The fourth-order valence-corrected chi connectivity index (χ4v) is 1.86. The van der Waals surface area contributed by atoms with Crippen molar-refractivity contribution < 1.29 is 19.5 Å². The van der Waals surface area contributed by atoms with Gasteiger partial charge in [0.1, 0.15) is 0 Å². The second-order valence-corrected chi connectivity index (χ2v) is 4.63. The monoisotopic (exact) mass is 275 g/mol. The molecule has 0 aliphatic rings. The summed E-state index contributed by atoms with van der Waals surface area (Å²) in [6.07, 6.45) is 8.38. The van der Waals surface area contributed by atoms with Crippen LogP contribution in [0.2, 0.25) is 0 Å². The van der Waals surface area contributed by atoms with Crippen LogP contribution in [0.1, 0.15) is 71.6 Å². The minimum Gasteiger partial charge on any atom is -0.435 e. The molecule has 6 heteroatoms. The second-order valence-electron chi connectivity index (χ2n) is 4.63. The smallest absolute Gasteiger partial charge is 0.304 e. The zero-order valence-electron chi connectivity index (χ0n) is 11.9. The quantitative estimate of drug-likeness (QED) is 0.179. The number of esters is 1. The molecule has 0 aliphatic carbocycles. The number of carbonyl (C=O) groups excluding carboxylic acids is 1. The maximum Gasteiger partial charge on any atom is 0.304 e. The highest BCUT2D eigenvalue weighted by Gasteiger charge is 2.15. The molecule has 1 atom stereocenters. The van der Waals surface area contributed by atoms with Gasteiger partial charge < -0.3 is 4.74 Å². The van der Waals surface area contributed by atoms with Gasteiger partial charge in [-0.2, -0.15) is 0 Å². The fourth-order valence-electron chi connectivity index (χ4n) is 1.86. The van der Waals surface area contributed by atoms with E-state index in [1.54, 1.807) is 0 Å². The fraction of sp³-hybridized carbons (Fsp3) is 0.923. The molecule has 6 nitrogen and oxygen atoms in total. The second kappa shape index (κ2) is 11.7. The van der Waals surface area contributed by atoms with Crippen molar-refractivity contribution in [2.45, 2.75) is 77.9 Å². The summed E-state index contributed by atoms with van der Waals surface area (Å²) in [4.78, 5) is 25.3. The molecule has 0 aromatic carbocycles. The van der Waals surface area contributed by atoms with Gasteiger partial charge in [-0.25, -0.2) is 0 Å². The summed E-state index contributed by atoms with van der Waals surface area (Å²) < 4.78 is 4.72. The summed E-state index contributed by atoms with van der Waals surface area (Å²) in [5, 5.41) is 9.30. The lowest BCUT2D eigenvalue weighted by molar-refractivity contribution is -0.779. The van der Waals surface area contributed by atoms with Crippen molar-refractivity contribution in [3.63, 3.8) is 0 Å². The van der Waals surface area contributed by atoms with Gasteiger partial charge in [0.2, 0.25) is 6.29 Å². The first kappa shape index (κ1) is 17.7. The molecule has 0 fully saturated rings. The minimum atomic E-state index is -1.06. The van der Waals surface area contributed by atoms with E-state index in [-0.39, 0.29) is 0 Å². The molecule has 1 unspecified atom stereocenters. The van der Waals surface area contributed by atoms with E-state index in [1.165, 1.54) is 39.0 Å². The predicted octanol–water partition coefficient (Wildman–Crippen LogP) is 3.61. The molecule has 19 heavy (non-hydrogen) atoms. The molecule has 0 aromatic rings. The number of hydrogen-bond donors (Lipinski definition) is 0. The van der Waals surface area contributed by atoms with Crippen LogP contribution in [0, 0.1) is 10.1 Å². The molecule has 0 amide bonds. The zero-order chi connectivity index (χ0) is 14.5. The average Bonchev–Trinajstić information content (AvgIpc) is 2.30. The van der Waals surface area contributed by atoms with Gasteiger partial charge >= 0.3 is 5.97 Å². The van der Waals surface area contributed by atoms with Crippen LogP contribution in [-0.2, 0) is 14.4 Å². The molecular weight excluding hydrogens is 250 g/mol. The van der Waals surface area contributed by atoms with Crippen LogP contribution in [0.15, 0.2) is 0 Å². The normalized spacial score (nSPS) is 11.9. The predicted molar refractivity (Wildman–Crippen MR) is 70.9 cm³/mol. The molecule has 0 rings (SSSR count). The Morgan fingerprint density at radius 1 is 1.11 bits per heavy atom. The lowest BCUT2D eigenvalue weighted by Crippen LogP contribution is -2.22. The first-order valence-electron chi connectivity index (χ1n) is 7.04. The van der Waals surface area contributed by atoms with Crippen molar-refractivity contribution in [2.24, 2.45) is 0 Å². The van der Waals surface area contributed by atoms with Crippen molar-refractivity contribution in [2.75, 3.05) is 0 Å². The van der Waals surface area contributed by atoms with E-state index in [9.17, 15) is 14.9 Å². The molecule has 0 radical (unpaired) electrons. The lowest BCUT2D eigenvalue weighted by atomic mass is 10.1. The Hall–Kier alpha value is -1.33. The number of carbonyl (C=O) groups is 1. The van der Waals surface area contributed by atoms with E-state index in [4.69, 9.17) is 4.74 Å². The summed E-state index contributed by atoms with van der Waals surface area (Å²) in [6, 6.07) is 0. The molecule has 0 bridgehead atoms. The molecular formula is C13H25NO5. The molecule has 0 saturated carbocycles. The summed E-state index contributed by atoms with van der Waals surface area (Å²) >= 11 is 0. The van der Waals surface area contributed by atoms with Crippen molar-refractivity contribution in [1.82, 2.24) is 0 Å². The Morgan fingerprint density at radius 3 is 2.11 bits per heavy atom. The van der Waals surface area contributed by atoms with Crippen LogP contribution >= 0.6 is 0 Å². The molecule has 0 spiro atoms. The van der Waals surface area contributed by atoms with Crippen molar-refractivity contribution in [1.29, 1.82) is 0 Å². The number of hydrogen-bond acceptors (Lipinski definition) is 5. The highest BCUT2D eigenvalue weighted by atomic mass is 17.0. The largest absolute Gasteiger partial charge is 0.435 e. The Balaban J connectivity index is 3.57. The highest BCUT2D eigenvalue weighted by molar-refractivity contribution is 5.66. The third kappa shape index (κ3) is 12.9. The van der Waals surface area contributed by atoms with Gasteiger partial charge in [-0.05, 0) is 6.42 Å².